The van der Waals surface area contributed by atoms with Gasteiger partial charge < -0.3 is 20.5 Å². The highest BCUT2D eigenvalue weighted by Gasteiger charge is 2.05. The molecule has 2 aromatic carbocycles. The van der Waals surface area contributed by atoms with Gasteiger partial charge in [-0.25, -0.2) is 0 Å². The van der Waals surface area contributed by atoms with E-state index in [0.717, 1.165) is 36.9 Å². The van der Waals surface area contributed by atoms with E-state index in [0.29, 0.717) is 0 Å². The lowest BCUT2D eigenvalue weighted by atomic mass is 10.0. The molecule has 3 N–H and O–H groups in total. The molecule has 1 unspecified atom stereocenters. The van der Waals surface area contributed by atoms with Gasteiger partial charge >= 0.3 is 0 Å². The normalized spacial score (nSPS) is 14.1. The highest BCUT2D eigenvalue weighted by molar-refractivity contribution is 5.94. The van der Waals surface area contributed by atoms with Crippen LogP contribution in [0.3, 0.4) is 0 Å². The highest BCUT2D eigenvalue weighted by atomic mass is 35.5. The first-order chi connectivity index (χ1) is 11.7. The summed E-state index contributed by atoms with van der Waals surface area (Å²) in [5.41, 5.74) is 3.51. The highest BCUT2D eigenvalue weighted by Crippen LogP contribution is 2.18. The van der Waals surface area contributed by atoms with Crippen LogP contribution in [0.2, 0.25) is 0 Å². The van der Waals surface area contributed by atoms with Crippen molar-refractivity contribution < 1.29 is 9.84 Å². The molecule has 0 fully saturated rings. The molecule has 0 aliphatic carbocycles. The summed E-state index contributed by atoms with van der Waals surface area (Å²) in [7, 11) is 0. The Labute approximate surface area is 154 Å². The number of hydrogen-bond acceptors (Lipinski definition) is 5. The van der Waals surface area contributed by atoms with E-state index in [4.69, 9.17) is 9.84 Å². The van der Waals surface area contributed by atoms with Gasteiger partial charge in [-0.1, -0.05) is 24.3 Å². The van der Waals surface area contributed by atoms with Crippen LogP contribution < -0.4 is 15.4 Å². The molecule has 2 aromatic rings. The summed E-state index contributed by atoms with van der Waals surface area (Å²) in [5, 5.41) is 15.5. The summed E-state index contributed by atoms with van der Waals surface area (Å²) in [6, 6.07) is 16.4. The van der Waals surface area contributed by atoms with Gasteiger partial charge in [-0.15, -0.1) is 12.4 Å². The van der Waals surface area contributed by atoms with Crippen molar-refractivity contribution in [1.29, 1.82) is 0 Å². The zero-order chi connectivity index (χ0) is 16.8. The minimum Gasteiger partial charge on any atom is -0.488 e. The van der Waals surface area contributed by atoms with Crippen molar-refractivity contribution in [3.8, 4) is 5.75 Å². The van der Waals surface area contributed by atoms with Crippen LogP contribution >= 0.6 is 12.4 Å². The molecule has 1 atom stereocenters. The molecule has 1 heterocycles. The third-order valence-corrected chi connectivity index (χ3v) is 3.82. The standard InChI is InChI=1S/C19H23N3O2.ClH/c1-14(13-23)24-18-8-4-16(5-9-18)12-15-2-6-17(7-3-15)22-19-20-10-11-21-19;/h2-9,14,23H,10-13H2,1H3,(H2,20,21,22);1H. The quantitative estimate of drug-likeness (QED) is 0.740. The van der Waals surface area contributed by atoms with Crippen LogP contribution in [0.4, 0.5) is 5.69 Å². The van der Waals surface area contributed by atoms with E-state index in [1.807, 2.05) is 19.1 Å². The Morgan fingerprint density at radius 1 is 1.12 bits per heavy atom. The molecule has 0 saturated heterocycles. The monoisotopic (exact) mass is 361 g/mol. The Balaban J connectivity index is 0.00000225. The summed E-state index contributed by atoms with van der Waals surface area (Å²) in [4.78, 5) is 4.32. The molecule has 0 aromatic heterocycles. The number of ether oxygens (including phenoxy) is 1. The summed E-state index contributed by atoms with van der Waals surface area (Å²) < 4.78 is 5.57. The maximum Gasteiger partial charge on any atom is 0.195 e. The van der Waals surface area contributed by atoms with Crippen molar-refractivity contribution in [3.05, 3.63) is 59.7 Å². The van der Waals surface area contributed by atoms with E-state index in [-0.39, 0.29) is 25.1 Å². The first kappa shape index (κ1) is 19.1. The van der Waals surface area contributed by atoms with Gasteiger partial charge in [-0.3, -0.25) is 4.99 Å². The van der Waals surface area contributed by atoms with Crippen molar-refractivity contribution in [2.24, 2.45) is 4.99 Å². The Morgan fingerprint density at radius 2 is 1.76 bits per heavy atom. The average molecular weight is 362 g/mol. The molecule has 1 aliphatic heterocycles. The zero-order valence-electron chi connectivity index (χ0n) is 14.2. The SMILES string of the molecule is CC(CO)Oc1ccc(Cc2ccc(NC3=NCCN3)cc2)cc1.Cl. The molecule has 1 aliphatic rings. The molecule has 0 bridgehead atoms. The lowest BCUT2D eigenvalue weighted by Crippen LogP contribution is -2.26. The molecule has 25 heavy (non-hydrogen) atoms. The number of aliphatic hydroxyl groups excluding tert-OH is 1. The number of nitrogens with one attached hydrogen (secondary N) is 2. The Hall–Kier alpha value is -2.24. The molecule has 3 rings (SSSR count). The van der Waals surface area contributed by atoms with Crippen molar-refractivity contribution in [3.63, 3.8) is 0 Å². The number of hydrogen-bond donors (Lipinski definition) is 3. The number of nitrogens with zero attached hydrogens (tertiary/aromatic N) is 1. The second-order valence-corrected chi connectivity index (χ2v) is 5.91. The van der Waals surface area contributed by atoms with Gasteiger partial charge in [0.25, 0.3) is 0 Å². The first-order valence-electron chi connectivity index (χ1n) is 8.23. The number of rotatable bonds is 6. The van der Waals surface area contributed by atoms with Crippen molar-refractivity contribution in [2.45, 2.75) is 19.4 Å². The van der Waals surface area contributed by atoms with Crippen LogP contribution in [0.5, 0.6) is 5.75 Å². The zero-order valence-corrected chi connectivity index (χ0v) is 15.1. The van der Waals surface area contributed by atoms with E-state index in [1.54, 1.807) is 0 Å². The van der Waals surface area contributed by atoms with E-state index >= 15 is 0 Å². The second kappa shape index (κ2) is 9.30. The minimum absolute atomic E-state index is 0. The minimum atomic E-state index is -0.185. The molecular formula is C19H24ClN3O2. The Morgan fingerprint density at radius 3 is 2.32 bits per heavy atom. The average Bonchev–Trinajstić information content (AvgIpc) is 3.11. The number of guanidine groups is 1. The van der Waals surface area contributed by atoms with Gasteiger partial charge in [-0.2, -0.15) is 0 Å². The van der Waals surface area contributed by atoms with Crippen LogP contribution in [0.1, 0.15) is 18.1 Å². The van der Waals surface area contributed by atoms with Gasteiger partial charge in [0.1, 0.15) is 11.9 Å². The van der Waals surface area contributed by atoms with Crippen LogP contribution in [0, 0.1) is 0 Å². The molecule has 134 valence electrons. The fourth-order valence-electron chi connectivity index (χ4n) is 2.52. The van der Waals surface area contributed by atoms with E-state index in [2.05, 4.69) is 52.0 Å². The smallest absolute Gasteiger partial charge is 0.195 e. The summed E-state index contributed by atoms with van der Waals surface area (Å²) in [6.07, 6.45) is 0.685. The van der Waals surface area contributed by atoms with Gasteiger partial charge in [0.15, 0.2) is 5.96 Å². The van der Waals surface area contributed by atoms with Crippen LogP contribution in [-0.4, -0.2) is 36.9 Å². The van der Waals surface area contributed by atoms with Crippen LogP contribution in [0.25, 0.3) is 0 Å². The van der Waals surface area contributed by atoms with Gasteiger partial charge in [0.2, 0.25) is 0 Å². The molecule has 0 spiro atoms. The Kier molecular flexibility index (Phi) is 7.10. The van der Waals surface area contributed by atoms with E-state index < -0.39 is 0 Å². The maximum absolute atomic E-state index is 9.02. The number of benzene rings is 2. The maximum atomic E-state index is 9.02. The predicted molar refractivity (Wildman–Crippen MR) is 104 cm³/mol. The molecule has 0 amide bonds. The molecule has 0 saturated carbocycles. The number of halogens is 1. The second-order valence-electron chi connectivity index (χ2n) is 5.91. The van der Waals surface area contributed by atoms with Crippen LogP contribution in [0.15, 0.2) is 53.5 Å². The number of aliphatic hydroxyl groups is 1. The molecule has 0 radical (unpaired) electrons. The van der Waals surface area contributed by atoms with Gasteiger partial charge in [-0.05, 0) is 48.7 Å². The first-order valence-corrected chi connectivity index (χ1v) is 8.23. The largest absolute Gasteiger partial charge is 0.488 e. The number of anilines is 1. The lowest BCUT2D eigenvalue weighted by molar-refractivity contribution is 0.129. The summed E-state index contributed by atoms with van der Waals surface area (Å²) >= 11 is 0. The van der Waals surface area contributed by atoms with Gasteiger partial charge in [0, 0.05) is 12.2 Å². The third kappa shape index (κ3) is 5.66. The summed E-state index contributed by atoms with van der Waals surface area (Å²) in [6.45, 7) is 3.59. The van der Waals surface area contributed by atoms with Gasteiger partial charge in [0.05, 0.1) is 13.2 Å². The third-order valence-electron chi connectivity index (χ3n) is 3.82. The van der Waals surface area contributed by atoms with Crippen LogP contribution in [-0.2, 0) is 6.42 Å². The van der Waals surface area contributed by atoms with E-state index in [9.17, 15) is 0 Å². The fraction of sp³-hybridized carbons (Fsp3) is 0.316. The van der Waals surface area contributed by atoms with Crippen molar-refractivity contribution in [2.75, 3.05) is 25.0 Å². The molecular weight excluding hydrogens is 338 g/mol. The molecule has 6 heteroatoms. The Bertz CT molecular complexity index is 687. The lowest BCUT2D eigenvalue weighted by Gasteiger charge is -2.12. The summed E-state index contributed by atoms with van der Waals surface area (Å²) in [5.74, 6) is 1.63. The number of aliphatic imine (C=N–C) groups is 1. The van der Waals surface area contributed by atoms with Crippen molar-refractivity contribution in [1.82, 2.24) is 5.32 Å². The topological polar surface area (TPSA) is 65.9 Å². The fourth-order valence-corrected chi connectivity index (χ4v) is 2.52. The van der Waals surface area contributed by atoms with E-state index in [1.165, 1.54) is 11.1 Å². The predicted octanol–water partition coefficient (Wildman–Crippen LogP) is 2.83. The van der Waals surface area contributed by atoms with Crippen molar-refractivity contribution >= 4 is 24.1 Å². The molecule has 5 nitrogen and oxygen atoms in total.